The Labute approximate surface area is 148 Å². The van der Waals surface area contributed by atoms with E-state index >= 15 is 0 Å². The lowest BCUT2D eigenvalue weighted by Gasteiger charge is -2.37. The average Bonchev–Trinajstić information content (AvgIpc) is 2.47. The molecule has 5 nitrogen and oxygen atoms in total. The molecular formula is C15H22Cl2N2O3S. The number of hydrogen-bond acceptors (Lipinski definition) is 4. The Hall–Kier alpha value is -0.820. The van der Waals surface area contributed by atoms with E-state index in [1.807, 2.05) is 18.2 Å². The van der Waals surface area contributed by atoms with Gasteiger partial charge in [-0.1, -0.05) is 36.7 Å². The zero-order valence-electron chi connectivity index (χ0n) is 13.0. The first-order valence-electron chi connectivity index (χ1n) is 7.39. The van der Waals surface area contributed by atoms with Gasteiger partial charge in [-0.15, -0.1) is 12.4 Å². The number of carbonyl (C=O) groups is 1. The van der Waals surface area contributed by atoms with Crippen molar-refractivity contribution in [3.05, 3.63) is 34.9 Å². The minimum absolute atomic E-state index is 0. The largest absolute Gasteiger partial charge is 0.332 e. The van der Waals surface area contributed by atoms with Crippen LogP contribution in [0.5, 0.6) is 0 Å². The van der Waals surface area contributed by atoms with E-state index in [-0.39, 0.29) is 30.1 Å². The quantitative estimate of drug-likeness (QED) is 0.848. The smallest absolute Gasteiger partial charge is 0.238 e. The van der Waals surface area contributed by atoms with E-state index < -0.39 is 15.6 Å². The molecule has 0 radical (unpaired) electrons. The second-order valence-corrected chi connectivity index (χ2v) is 8.01. The van der Waals surface area contributed by atoms with Gasteiger partial charge < -0.3 is 10.2 Å². The van der Waals surface area contributed by atoms with Crippen molar-refractivity contribution in [1.82, 2.24) is 10.2 Å². The third-order valence-electron chi connectivity index (χ3n) is 3.69. The molecule has 0 aromatic heterocycles. The van der Waals surface area contributed by atoms with E-state index in [1.54, 1.807) is 17.9 Å². The molecule has 1 saturated heterocycles. The molecule has 0 saturated carbocycles. The van der Waals surface area contributed by atoms with Crippen LogP contribution >= 0.6 is 24.0 Å². The fourth-order valence-electron chi connectivity index (χ4n) is 2.68. The Morgan fingerprint density at radius 1 is 1.39 bits per heavy atom. The van der Waals surface area contributed by atoms with Crippen molar-refractivity contribution in [2.45, 2.75) is 19.4 Å². The van der Waals surface area contributed by atoms with Crippen LogP contribution in [0.3, 0.4) is 0 Å². The van der Waals surface area contributed by atoms with Gasteiger partial charge in [-0.25, -0.2) is 8.42 Å². The zero-order valence-corrected chi connectivity index (χ0v) is 15.4. The van der Waals surface area contributed by atoms with E-state index in [4.69, 9.17) is 11.6 Å². The molecule has 1 aromatic rings. The summed E-state index contributed by atoms with van der Waals surface area (Å²) >= 11 is 6.23. The van der Waals surface area contributed by atoms with Crippen LogP contribution in [0.25, 0.3) is 0 Å². The maximum Gasteiger partial charge on any atom is 0.238 e. The highest BCUT2D eigenvalue weighted by Gasteiger charge is 2.31. The van der Waals surface area contributed by atoms with Gasteiger partial charge in [-0.05, 0) is 18.1 Å². The molecule has 0 aliphatic carbocycles. The summed E-state index contributed by atoms with van der Waals surface area (Å²) in [5.41, 5.74) is 0.845. The van der Waals surface area contributed by atoms with Crippen molar-refractivity contribution in [2.75, 3.05) is 31.1 Å². The van der Waals surface area contributed by atoms with Gasteiger partial charge in [0.05, 0.1) is 11.8 Å². The first-order chi connectivity index (χ1) is 10.4. The molecule has 130 valence electrons. The molecule has 1 heterocycles. The molecule has 23 heavy (non-hydrogen) atoms. The van der Waals surface area contributed by atoms with Gasteiger partial charge in [0, 0.05) is 24.7 Å². The Bertz CT molecular complexity index is 637. The number of piperazine rings is 1. The number of halogens is 2. The van der Waals surface area contributed by atoms with E-state index in [0.29, 0.717) is 31.1 Å². The van der Waals surface area contributed by atoms with E-state index in [9.17, 15) is 13.2 Å². The fourth-order valence-corrected chi connectivity index (χ4v) is 4.25. The minimum Gasteiger partial charge on any atom is -0.332 e. The lowest BCUT2D eigenvalue weighted by atomic mass is 10.0. The van der Waals surface area contributed by atoms with E-state index in [1.165, 1.54) is 0 Å². The molecule has 0 spiro atoms. The molecule has 1 amide bonds. The summed E-state index contributed by atoms with van der Waals surface area (Å²) in [7, 11) is -3.34. The summed E-state index contributed by atoms with van der Waals surface area (Å²) < 4.78 is 23.8. The molecule has 1 unspecified atom stereocenters. The van der Waals surface area contributed by atoms with Crippen LogP contribution in [0.15, 0.2) is 24.3 Å². The predicted octanol–water partition coefficient (Wildman–Crippen LogP) is 2.06. The Morgan fingerprint density at radius 2 is 2.09 bits per heavy atom. The van der Waals surface area contributed by atoms with Crippen molar-refractivity contribution < 1.29 is 13.2 Å². The summed E-state index contributed by atoms with van der Waals surface area (Å²) in [5, 5.41) is 3.82. The molecule has 1 N–H and O–H groups in total. The third kappa shape index (κ3) is 5.35. The summed E-state index contributed by atoms with van der Waals surface area (Å²) in [5.74, 6) is -0.733. The Morgan fingerprint density at radius 3 is 2.74 bits per heavy atom. The van der Waals surface area contributed by atoms with Crippen LogP contribution in [-0.4, -0.2) is 50.4 Å². The van der Waals surface area contributed by atoms with Gasteiger partial charge in [0.15, 0.2) is 9.84 Å². The summed E-state index contributed by atoms with van der Waals surface area (Å²) in [4.78, 5) is 14.1. The highest BCUT2D eigenvalue weighted by molar-refractivity contribution is 7.92. The number of carbonyl (C=O) groups excluding carboxylic acids is 1. The average molecular weight is 381 g/mol. The number of nitrogens with one attached hydrogen (secondary N) is 1. The van der Waals surface area contributed by atoms with Gasteiger partial charge in [0.2, 0.25) is 5.91 Å². The number of nitrogens with zero attached hydrogens (tertiary/aromatic N) is 1. The minimum atomic E-state index is -3.34. The maximum absolute atomic E-state index is 12.5. The van der Waals surface area contributed by atoms with Crippen molar-refractivity contribution in [2.24, 2.45) is 0 Å². The molecule has 1 aliphatic rings. The molecule has 1 aromatic carbocycles. The first-order valence-corrected chi connectivity index (χ1v) is 9.59. The van der Waals surface area contributed by atoms with Crippen molar-refractivity contribution in [3.8, 4) is 0 Å². The standard InChI is InChI=1S/C15H21ClN2O3S.ClH/c1-2-9-22(20,21)11-15(19)18-8-7-17-10-14(18)12-5-3-4-6-13(12)16;/h3-6,14,17H,2,7-11H2,1H3;1H. The lowest BCUT2D eigenvalue weighted by Crippen LogP contribution is -2.50. The number of rotatable bonds is 5. The topological polar surface area (TPSA) is 66.5 Å². The van der Waals surface area contributed by atoms with Gasteiger partial charge in [-0.3, -0.25) is 4.79 Å². The predicted molar refractivity (Wildman–Crippen MR) is 95.0 cm³/mol. The van der Waals surface area contributed by atoms with Gasteiger partial charge in [0.25, 0.3) is 0 Å². The van der Waals surface area contributed by atoms with Crippen LogP contribution in [0.1, 0.15) is 24.9 Å². The fraction of sp³-hybridized carbons (Fsp3) is 0.533. The van der Waals surface area contributed by atoms with Crippen molar-refractivity contribution in [3.63, 3.8) is 0 Å². The summed E-state index contributed by atoms with van der Waals surface area (Å²) in [6, 6.07) is 7.13. The van der Waals surface area contributed by atoms with Crippen LogP contribution in [0.2, 0.25) is 5.02 Å². The van der Waals surface area contributed by atoms with Crippen LogP contribution in [0, 0.1) is 0 Å². The zero-order chi connectivity index (χ0) is 16.2. The molecule has 0 bridgehead atoms. The first kappa shape index (κ1) is 20.2. The maximum atomic E-state index is 12.5. The molecule has 2 rings (SSSR count). The van der Waals surface area contributed by atoms with Gasteiger partial charge in [0.1, 0.15) is 5.75 Å². The summed E-state index contributed by atoms with van der Waals surface area (Å²) in [6.07, 6.45) is 0.519. The van der Waals surface area contributed by atoms with Crippen LogP contribution in [-0.2, 0) is 14.6 Å². The van der Waals surface area contributed by atoms with E-state index in [0.717, 1.165) is 5.56 Å². The van der Waals surface area contributed by atoms with E-state index in [2.05, 4.69) is 5.32 Å². The van der Waals surface area contributed by atoms with Gasteiger partial charge in [-0.2, -0.15) is 0 Å². The van der Waals surface area contributed by atoms with Crippen molar-refractivity contribution >= 4 is 39.8 Å². The number of sulfone groups is 1. The number of hydrogen-bond donors (Lipinski definition) is 1. The molecule has 1 fully saturated rings. The van der Waals surface area contributed by atoms with Crippen LogP contribution in [0.4, 0.5) is 0 Å². The summed E-state index contributed by atoms with van der Waals surface area (Å²) in [6.45, 7) is 3.50. The SMILES string of the molecule is CCCS(=O)(=O)CC(=O)N1CCNCC1c1ccccc1Cl.Cl. The third-order valence-corrected chi connectivity index (χ3v) is 5.75. The number of benzene rings is 1. The Kier molecular flexibility index (Phi) is 7.80. The lowest BCUT2D eigenvalue weighted by molar-refractivity contribution is -0.131. The molecule has 1 aliphatic heterocycles. The highest BCUT2D eigenvalue weighted by Crippen LogP contribution is 2.28. The number of amides is 1. The Balaban J connectivity index is 0.00000264. The monoisotopic (exact) mass is 380 g/mol. The van der Waals surface area contributed by atoms with Crippen LogP contribution < -0.4 is 5.32 Å². The normalized spacial score (nSPS) is 18.3. The van der Waals surface area contributed by atoms with Gasteiger partial charge >= 0.3 is 0 Å². The molecule has 1 atom stereocenters. The molecule has 8 heteroatoms. The second kappa shape index (κ2) is 8.87. The second-order valence-electron chi connectivity index (χ2n) is 5.42. The molecular weight excluding hydrogens is 359 g/mol. The highest BCUT2D eigenvalue weighted by atomic mass is 35.5. The van der Waals surface area contributed by atoms with Crippen molar-refractivity contribution in [1.29, 1.82) is 0 Å².